The lowest BCUT2D eigenvalue weighted by molar-refractivity contribution is -0.163. The van der Waals surface area contributed by atoms with Gasteiger partial charge in [0.1, 0.15) is 6.61 Å². The number of unbranched alkanes of at least 4 members (excludes halogenated alkanes) is 41. The molecule has 5 nitrogen and oxygen atoms in total. The molecule has 0 spiro atoms. The highest BCUT2D eigenvalue weighted by Gasteiger charge is 2.17. The van der Waals surface area contributed by atoms with Crippen molar-refractivity contribution in [2.24, 2.45) is 0 Å². The molecule has 5 heteroatoms. The van der Waals surface area contributed by atoms with Gasteiger partial charge in [-0.05, 0) is 19.3 Å². The highest BCUT2D eigenvalue weighted by molar-refractivity contribution is 5.70. The topological polar surface area (TPSA) is 61.8 Å². The zero-order chi connectivity index (χ0) is 43.5. The number of ether oxygens (including phenoxy) is 3. The zero-order valence-corrected chi connectivity index (χ0v) is 41.3. The van der Waals surface area contributed by atoms with Gasteiger partial charge in [0, 0.05) is 19.4 Å². The van der Waals surface area contributed by atoms with Crippen LogP contribution in [0.3, 0.4) is 0 Å². The summed E-state index contributed by atoms with van der Waals surface area (Å²) < 4.78 is 17.5. The molecular weight excluding hydrogens is 741 g/mol. The summed E-state index contributed by atoms with van der Waals surface area (Å²) in [6.45, 7) is 7.92. The Bertz CT molecular complexity index is 830. The van der Waals surface area contributed by atoms with Crippen LogP contribution >= 0.6 is 0 Å². The molecule has 0 amide bonds. The first-order chi connectivity index (χ1) is 29.6. The van der Waals surface area contributed by atoms with Crippen LogP contribution in [0.25, 0.3) is 0 Å². The van der Waals surface area contributed by atoms with Gasteiger partial charge in [0.2, 0.25) is 0 Å². The molecule has 358 valence electrons. The van der Waals surface area contributed by atoms with Crippen LogP contribution < -0.4 is 0 Å². The molecule has 0 heterocycles. The Hall–Kier alpha value is -1.10. The molecule has 0 aromatic heterocycles. The summed E-state index contributed by atoms with van der Waals surface area (Å²) in [5, 5.41) is 0. The quantitative estimate of drug-likeness (QED) is 0.0451. The molecule has 1 atom stereocenters. The second-order valence-corrected chi connectivity index (χ2v) is 18.9. The third kappa shape index (κ3) is 49.6. The highest BCUT2D eigenvalue weighted by Crippen LogP contribution is 2.17. The lowest BCUT2D eigenvalue weighted by Gasteiger charge is -2.18. The number of hydrogen-bond donors (Lipinski definition) is 0. The van der Waals surface area contributed by atoms with Crippen LogP contribution in [0, 0.1) is 0 Å². The van der Waals surface area contributed by atoms with Crippen molar-refractivity contribution in [2.45, 2.75) is 322 Å². The normalized spacial score (nSPS) is 12.0. The van der Waals surface area contributed by atoms with Gasteiger partial charge in [-0.15, -0.1) is 0 Å². The minimum absolute atomic E-state index is 0.0981. The maximum atomic E-state index is 12.8. The number of hydrogen-bond acceptors (Lipinski definition) is 5. The van der Waals surface area contributed by atoms with Crippen molar-refractivity contribution in [1.82, 2.24) is 0 Å². The van der Waals surface area contributed by atoms with E-state index in [2.05, 4.69) is 20.8 Å². The SMILES string of the molecule is CCCCCCCCCCCCCCCCCC(=O)OCC(COCCCCCCCCCCCCCCCC)OC(=O)CCCCCCCCCCCCCCCCC. The molecule has 0 aliphatic rings. The van der Waals surface area contributed by atoms with Crippen molar-refractivity contribution in [3.05, 3.63) is 0 Å². The van der Waals surface area contributed by atoms with Gasteiger partial charge in [-0.25, -0.2) is 0 Å². The molecule has 0 rings (SSSR count). The fourth-order valence-corrected chi connectivity index (χ4v) is 8.51. The predicted octanol–water partition coefficient (Wildman–Crippen LogP) is 18.5. The van der Waals surface area contributed by atoms with Crippen molar-refractivity contribution in [3.63, 3.8) is 0 Å². The lowest BCUT2D eigenvalue weighted by Crippen LogP contribution is -2.30. The summed E-state index contributed by atoms with van der Waals surface area (Å²) in [7, 11) is 0. The first kappa shape index (κ1) is 58.9. The van der Waals surface area contributed by atoms with Gasteiger partial charge in [0.15, 0.2) is 6.10 Å². The van der Waals surface area contributed by atoms with E-state index in [-0.39, 0.29) is 18.5 Å². The summed E-state index contributed by atoms with van der Waals surface area (Å²) in [6, 6.07) is 0. The Balaban J connectivity index is 4.18. The fourth-order valence-electron chi connectivity index (χ4n) is 8.51. The number of carbonyl (C=O) groups excluding carboxylic acids is 2. The van der Waals surface area contributed by atoms with Gasteiger partial charge in [-0.2, -0.15) is 0 Å². The Morgan fingerprint density at radius 1 is 0.300 bits per heavy atom. The van der Waals surface area contributed by atoms with Crippen molar-refractivity contribution < 1.29 is 23.8 Å². The lowest BCUT2D eigenvalue weighted by atomic mass is 10.0. The molecule has 0 fully saturated rings. The van der Waals surface area contributed by atoms with E-state index in [1.165, 1.54) is 250 Å². The molecule has 0 aromatic carbocycles. The Labute approximate surface area is 376 Å². The first-order valence-corrected chi connectivity index (χ1v) is 27.6. The Kier molecular flexibility index (Phi) is 51.3. The van der Waals surface area contributed by atoms with Crippen LogP contribution in [0.1, 0.15) is 316 Å². The molecular formula is C55H108O5. The molecule has 60 heavy (non-hydrogen) atoms. The van der Waals surface area contributed by atoms with Crippen LogP contribution in [-0.4, -0.2) is 37.9 Å². The molecule has 0 N–H and O–H groups in total. The molecule has 0 saturated carbocycles. The van der Waals surface area contributed by atoms with Crippen LogP contribution in [0.5, 0.6) is 0 Å². The van der Waals surface area contributed by atoms with Crippen LogP contribution in [0.15, 0.2) is 0 Å². The third-order valence-corrected chi connectivity index (χ3v) is 12.6. The van der Waals surface area contributed by atoms with E-state index in [1.54, 1.807) is 0 Å². The molecule has 0 aromatic rings. The maximum absolute atomic E-state index is 12.8. The van der Waals surface area contributed by atoms with Gasteiger partial charge in [0.25, 0.3) is 0 Å². The summed E-state index contributed by atoms with van der Waals surface area (Å²) in [6.07, 6.45) is 58.2. The molecule has 0 aliphatic carbocycles. The van der Waals surface area contributed by atoms with Gasteiger partial charge >= 0.3 is 11.9 Å². The van der Waals surface area contributed by atoms with Gasteiger partial charge in [-0.1, -0.05) is 284 Å². The van der Waals surface area contributed by atoms with E-state index in [0.717, 1.165) is 32.1 Å². The third-order valence-electron chi connectivity index (χ3n) is 12.6. The van der Waals surface area contributed by atoms with Crippen molar-refractivity contribution >= 4 is 11.9 Å². The summed E-state index contributed by atoms with van der Waals surface area (Å²) >= 11 is 0. The van der Waals surface area contributed by atoms with E-state index >= 15 is 0 Å². The molecule has 1 unspecified atom stereocenters. The standard InChI is InChI=1S/C55H108O5/c1-4-7-10-13-16-19-22-25-28-30-33-36-39-42-45-48-54(56)59-52-53(51-58-50-47-44-41-38-35-32-27-24-21-18-15-12-9-6-3)60-55(57)49-46-43-40-37-34-31-29-26-23-20-17-14-11-8-5-2/h53H,4-52H2,1-3H3. The Morgan fingerprint density at radius 2 is 0.550 bits per heavy atom. The van der Waals surface area contributed by atoms with Gasteiger partial charge in [0.05, 0.1) is 6.61 Å². The average Bonchev–Trinajstić information content (AvgIpc) is 3.25. The van der Waals surface area contributed by atoms with Crippen molar-refractivity contribution in [1.29, 1.82) is 0 Å². The van der Waals surface area contributed by atoms with E-state index in [9.17, 15) is 9.59 Å². The predicted molar refractivity (Wildman–Crippen MR) is 261 cm³/mol. The monoisotopic (exact) mass is 849 g/mol. The Morgan fingerprint density at radius 3 is 0.850 bits per heavy atom. The fraction of sp³-hybridized carbons (Fsp3) is 0.964. The zero-order valence-electron chi connectivity index (χ0n) is 41.3. The van der Waals surface area contributed by atoms with Crippen molar-refractivity contribution in [2.75, 3.05) is 19.8 Å². The first-order valence-electron chi connectivity index (χ1n) is 27.6. The number of carbonyl (C=O) groups is 2. The summed E-state index contributed by atoms with van der Waals surface area (Å²) in [5.74, 6) is -0.367. The van der Waals surface area contributed by atoms with E-state index in [4.69, 9.17) is 14.2 Å². The number of rotatable bonds is 52. The second kappa shape index (κ2) is 52.2. The van der Waals surface area contributed by atoms with Crippen LogP contribution in [-0.2, 0) is 23.8 Å². The smallest absolute Gasteiger partial charge is 0.306 e. The maximum Gasteiger partial charge on any atom is 0.306 e. The molecule has 0 radical (unpaired) electrons. The molecule has 0 aliphatic heterocycles. The second-order valence-electron chi connectivity index (χ2n) is 18.9. The van der Waals surface area contributed by atoms with Crippen LogP contribution in [0.2, 0.25) is 0 Å². The van der Waals surface area contributed by atoms with Gasteiger partial charge < -0.3 is 14.2 Å². The largest absolute Gasteiger partial charge is 0.462 e. The van der Waals surface area contributed by atoms with E-state index in [0.29, 0.717) is 26.1 Å². The average molecular weight is 849 g/mol. The number of esters is 2. The molecule has 0 saturated heterocycles. The minimum atomic E-state index is -0.523. The van der Waals surface area contributed by atoms with E-state index < -0.39 is 6.10 Å². The highest BCUT2D eigenvalue weighted by atomic mass is 16.6. The summed E-state index contributed by atoms with van der Waals surface area (Å²) in [5.41, 5.74) is 0. The van der Waals surface area contributed by atoms with Crippen LogP contribution in [0.4, 0.5) is 0 Å². The summed E-state index contributed by atoms with van der Waals surface area (Å²) in [4.78, 5) is 25.4. The van der Waals surface area contributed by atoms with Gasteiger partial charge in [-0.3, -0.25) is 9.59 Å². The van der Waals surface area contributed by atoms with Crippen molar-refractivity contribution in [3.8, 4) is 0 Å². The molecule has 0 bridgehead atoms. The minimum Gasteiger partial charge on any atom is -0.462 e. The van der Waals surface area contributed by atoms with E-state index in [1.807, 2.05) is 0 Å².